The Labute approximate surface area is 149 Å². The van der Waals surface area contributed by atoms with E-state index < -0.39 is 4.92 Å². The number of hydrogen-bond acceptors (Lipinski definition) is 6. The van der Waals surface area contributed by atoms with E-state index >= 15 is 0 Å². The monoisotopic (exact) mass is 365 g/mol. The van der Waals surface area contributed by atoms with Gasteiger partial charge in [0.25, 0.3) is 11.6 Å². The van der Waals surface area contributed by atoms with E-state index in [2.05, 4.69) is 11.9 Å². The summed E-state index contributed by atoms with van der Waals surface area (Å²) < 4.78 is 0.745. The minimum absolute atomic E-state index is 0.0670. The molecule has 0 spiro atoms. The second kappa shape index (κ2) is 8.25. The third-order valence-electron chi connectivity index (χ3n) is 3.39. The molecule has 1 amide bonds. The van der Waals surface area contributed by atoms with E-state index in [9.17, 15) is 14.9 Å². The van der Waals surface area contributed by atoms with E-state index in [1.807, 2.05) is 12.3 Å². The Morgan fingerprint density at radius 2 is 2.21 bits per heavy atom. The molecule has 0 saturated carbocycles. The highest BCUT2D eigenvalue weighted by molar-refractivity contribution is 8.01. The molecule has 0 bridgehead atoms. The van der Waals surface area contributed by atoms with Gasteiger partial charge in [-0.15, -0.1) is 11.3 Å². The van der Waals surface area contributed by atoms with Crippen LogP contribution in [0.1, 0.15) is 35.8 Å². The molecule has 1 heterocycles. The molecule has 0 aliphatic heterocycles. The van der Waals surface area contributed by atoms with Crippen LogP contribution in [0.2, 0.25) is 0 Å². The van der Waals surface area contributed by atoms with Gasteiger partial charge in [-0.05, 0) is 25.5 Å². The van der Waals surface area contributed by atoms with Crippen molar-refractivity contribution in [2.75, 3.05) is 13.6 Å². The van der Waals surface area contributed by atoms with Crippen LogP contribution in [0, 0.1) is 17.0 Å². The molecule has 2 rings (SSSR count). The summed E-state index contributed by atoms with van der Waals surface area (Å²) in [6, 6.07) is 4.62. The van der Waals surface area contributed by atoms with Crippen molar-refractivity contribution in [2.24, 2.45) is 0 Å². The van der Waals surface area contributed by atoms with Gasteiger partial charge >= 0.3 is 0 Å². The van der Waals surface area contributed by atoms with Gasteiger partial charge in [0.2, 0.25) is 0 Å². The molecule has 128 valence electrons. The molecular weight excluding hydrogens is 346 g/mol. The number of aromatic nitrogens is 1. The highest BCUT2D eigenvalue weighted by atomic mass is 32.2. The zero-order chi connectivity index (χ0) is 17.7. The first-order valence-electron chi connectivity index (χ1n) is 7.56. The molecule has 0 atom stereocenters. The Kier molecular flexibility index (Phi) is 6.33. The van der Waals surface area contributed by atoms with E-state index in [1.54, 1.807) is 24.1 Å². The fourth-order valence-corrected chi connectivity index (χ4v) is 3.95. The smallest absolute Gasteiger partial charge is 0.284 e. The number of aryl methyl sites for hydroxylation is 1. The maximum atomic E-state index is 12.4. The maximum absolute atomic E-state index is 12.4. The molecule has 2 aromatic rings. The van der Waals surface area contributed by atoms with E-state index in [1.165, 1.54) is 29.2 Å². The lowest BCUT2D eigenvalue weighted by Gasteiger charge is -2.16. The summed E-state index contributed by atoms with van der Waals surface area (Å²) in [5.41, 5.74) is 1.15. The number of benzene rings is 1. The average molecular weight is 365 g/mol. The second-order valence-corrected chi connectivity index (χ2v) is 7.52. The first kappa shape index (κ1) is 18.4. The number of unbranched alkanes of at least 4 members (excludes halogenated alkanes) is 1. The van der Waals surface area contributed by atoms with Crippen molar-refractivity contribution in [3.63, 3.8) is 0 Å². The first-order valence-corrected chi connectivity index (χ1v) is 9.26. The van der Waals surface area contributed by atoms with Gasteiger partial charge < -0.3 is 4.90 Å². The molecule has 0 radical (unpaired) electrons. The van der Waals surface area contributed by atoms with Crippen LogP contribution in [0.15, 0.2) is 32.8 Å². The number of hydrogen-bond donors (Lipinski definition) is 0. The Morgan fingerprint density at radius 3 is 2.79 bits per heavy atom. The van der Waals surface area contributed by atoms with Crippen LogP contribution >= 0.6 is 23.1 Å². The van der Waals surface area contributed by atoms with Gasteiger partial charge in [0.1, 0.15) is 0 Å². The number of nitrogens with zero attached hydrogens (tertiary/aromatic N) is 3. The zero-order valence-corrected chi connectivity index (χ0v) is 15.4. The summed E-state index contributed by atoms with van der Waals surface area (Å²) in [7, 11) is 1.71. The van der Waals surface area contributed by atoms with Crippen molar-refractivity contribution in [1.29, 1.82) is 0 Å². The quantitative estimate of drug-likeness (QED) is 0.537. The van der Waals surface area contributed by atoms with E-state index in [0.29, 0.717) is 17.0 Å². The summed E-state index contributed by atoms with van der Waals surface area (Å²) in [4.78, 5) is 29.7. The summed E-state index contributed by atoms with van der Waals surface area (Å²) in [6.07, 6.45) is 1.89. The minimum Gasteiger partial charge on any atom is -0.342 e. The Bertz CT molecular complexity index is 746. The highest BCUT2D eigenvalue weighted by Crippen LogP contribution is 2.36. The lowest BCUT2D eigenvalue weighted by molar-refractivity contribution is -0.387. The summed E-state index contributed by atoms with van der Waals surface area (Å²) >= 11 is 2.69. The third kappa shape index (κ3) is 4.55. The van der Waals surface area contributed by atoms with Crippen molar-refractivity contribution < 1.29 is 9.72 Å². The van der Waals surface area contributed by atoms with Crippen LogP contribution in [0.4, 0.5) is 5.69 Å². The number of rotatable bonds is 7. The molecule has 0 aliphatic carbocycles. The van der Waals surface area contributed by atoms with Gasteiger partial charge in [0.05, 0.1) is 9.82 Å². The summed E-state index contributed by atoms with van der Waals surface area (Å²) in [5, 5.41) is 13.3. The molecule has 1 aromatic heterocycles. The molecule has 8 heteroatoms. The van der Waals surface area contributed by atoms with Crippen LogP contribution in [0.5, 0.6) is 0 Å². The number of amides is 1. The van der Waals surface area contributed by atoms with Crippen molar-refractivity contribution in [3.8, 4) is 0 Å². The van der Waals surface area contributed by atoms with Crippen molar-refractivity contribution in [3.05, 3.63) is 45.0 Å². The van der Waals surface area contributed by atoms with E-state index in [4.69, 9.17) is 0 Å². The predicted octanol–water partition coefficient (Wildman–Crippen LogP) is 4.38. The van der Waals surface area contributed by atoms with Crippen LogP contribution in [0.25, 0.3) is 0 Å². The normalized spacial score (nSPS) is 10.6. The van der Waals surface area contributed by atoms with Crippen LogP contribution in [-0.2, 0) is 0 Å². The Morgan fingerprint density at radius 1 is 1.46 bits per heavy atom. The molecule has 0 fully saturated rings. The molecule has 0 N–H and O–H groups in total. The topological polar surface area (TPSA) is 76.3 Å². The fourth-order valence-electron chi connectivity index (χ4n) is 2.07. The number of nitro benzene ring substituents is 1. The SMILES string of the molecule is CCCCN(C)C(=O)c1ccc(Sc2nc(C)cs2)c([N+](=O)[O-])c1. The van der Waals surface area contributed by atoms with Crippen LogP contribution < -0.4 is 0 Å². The van der Waals surface area contributed by atoms with Crippen molar-refractivity contribution >= 4 is 34.7 Å². The fraction of sp³-hybridized carbons (Fsp3) is 0.375. The highest BCUT2D eigenvalue weighted by Gasteiger charge is 2.20. The zero-order valence-electron chi connectivity index (χ0n) is 13.8. The summed E-state index contributed by atoms with van der Waals surface area (Å²) in [6.45, 7) is 4.57. The lowest BCUT2D eigenvalue weighted by Crippen LogP contribution is -2.27. The number of carbonyl (C=O) groups excluding carboxylic acids is 1. The van der Waals surface area contributed by atoms with Gasteiger partial charge in [0.15, 0.2) is 4.34 Å². The molecule has 6 nitrogen and oxygen atoms in total. The van der Waals surface area contributed by atoms with Gasteiger partial charge in [-0.2, -0.15) is 0 Å². The second-order valence-electron chi connectivity index (χ2n) is 5.38. The van der Waals surface area contributed by atoms with Crippen LogP contribution in [-0.4, -0.2) is 34.3 Å². The Hall–Kier alpha value is -1.93. The van der Waals surface area contributed by atoms with Crippen LogP contribution in [0.3, 0.4) is 0 Å². The molecule has 0 aliphatic rings. The summed E-state index contributed by atoms with van der Waals surface area (Å²) in [5.74, 6) is -0.201. The molecule has 1 aromatic carbocycles. The molecule has 0 saturated heterocycles. The number of thiazole rings is 1. The van der Waals surface area contributed by atoms with Gasteiger partial charge in [-0.1, -0.05) is 25.1 Å². The Balaban J connectivity index is 2.26. The molecule has 24 heavy (non-hydrogen) atoms. The van der Waals surface area contributed by atoms with Crippen molar-refractivity contribution in [1.82, 2.24) is 9.88 Å². The lowest BCUT2D eigenvalue weighted by atomic mass is 10.1. The van der Waals surface area contributed by atoms with Gasteiger partial charge in [-0.25, -0.2) is 4.98 Å². The maximum Gasteiger partial charge on any atom is 0.284 e. The van der Waals surface area contributed by atoms with Gasteiger partial charge in [-0.3, -0.25) is 14.9 Å². The molecule has 0 unspecified atom stereocenters. The number of nitro groups is 1. The predicted molar refractivity (Wildman–Crippen MR) is 95.9 cm³/mol. The largest absolute Gasteiger partial charge is 0.342 e. The molecular formula is C16H19N3O3S2. The third-order valence-corrected chi connectivity index (χ3v) is 5.51. The minimum atomic E-state index is -0.453. The van der Waals surface area contributed by atoms with Gasteiger partial charge in [0, 0.05) is 36.3 Å². The standard InChI is InChI=1S/C16H19N3O3S2/c1-4-5-8-18(3)15(20)12-6-7-14(13(9-12)19(21)22)24-16-17-11(2)10-23-16/h6-7,9-10H,4-5,8H2,1-3H3. The first-order chi connectivity index (χ1) is 11.4. The van der Waals surface area contributed by atoms with E-state index in [0.717, 1.165) is 22.9 Å². The van der Waals surface area contributed by atoms with E-state index in [-0.39, 0.29) is 11.6 Å². The number of carbonyl (C=O) groups is 1. The van der Waals surface area contributed by atoms with Crippen molar-refractivity contribution in [2.45, 2.75) is 35.9 Å². The average Bonchev–Trinajstić information content (AvgIpc) is 2.97.